The monoisotopic (exact) mass is 591 g/mol. The van der Waals surface area contributed by atoms with Gasteiger partial charge in [-0.3, -0.25) is 9.69 Å². The number of hydrogen-bond donors (Lipinski definition) is 1. The fourth-order valence-corrected chi connectivity index (χ4v) is 5.73. The Hall–Kier alpha value is -4.94. The second kappa shape index (κ2) is 14.5. The van der Waals surface area contributed by atoms with Gasteiger partial charge in [0.15, 0.2) is 0 Å². The Morgan fingerprint density at radius 2 is 1.66 bits per heavy atom. The largest absolute Gasteiger partial charge is 0.469 e. The van der Waals surface area contributed by atoms with E-state index in [9.17, 15) is 9.59 Å². The lowest BCUT2D eigenvalue weighted by atomic mass is 9.73. The van der Waals surface area contributed by atoms with Crippen molar-refractivity contribution in [1.29, 1.82) is 5.26 Å². The van der Waals surface area contributed by atoms with Gasteiger partial charge in [0.05, 0.1) is 36.2 Å². The summed E-state index contributed by atoms with van der Waals surface area (Å²) in [5.41, 5.74) is 5.13. The van der Waals surface area contributed by atoms with Crippen molar-refractivity contribution < 1.29 is 19.1 Å². The Bertz CT molecular complexity index is 1590. The van der Waals surface area contributed by atoms with Crippen LogP contribution < -0.4 is 5.32 Å². The minimum Gasteiger partial charge on any atom is -0.469 e. The number of aromatic nitrogens is 2. The molecule has 2 heterocycles. The number of ether oxygens (including phenoxy) is 2. The molecule has 1 N–H and O–H groups in total. The van der Waals surface area contributed by atoms with Crippen LogP contribution in [-0.2, 0) is 46.9 Å². The summed E-state index contributed by atoms with van der Waals surface area (Å²) < 4.78 is 12.8. The SMILES string of the molecule is COC(=O)C1(Cc2cccc(CNC(=O)OCc3ccccc3)c2)CCN(Cc2cncn2Cc2ccc(C#N)cc2)CC1. The number of hydrogen-bond acceptors (Lipinski definition) is 7. The molecule has 44 heavy (non-hydrogen) atoms. The third-order valence-electron chi connectivity index (χ3n) is 8.24. The maximum Gasteiger partial charge on any atom is 0.407 e. The van der Waals surface area contributed by atoms with Gasteiger partial charge in [-0.1, -0.05) is 66.7 Å². The highest BCUT2D eigenvalue weighted by atomic mass is 16.5. The fourth-order valence-electron chi connectivity index (χ4n) is 5.73. The number of likely N-dealkylation sites (tertiary alicyclic amines) is 1. The number of amides is 1. The molecule has 9 nitrogen and oxygen atoms in total. The van der Waals surface area contributed by atoms with Gasteiger partial charge in [0.2, 0.25) is 0 Å². The van der Waals surface area contributed by atoms with Gasteiger partial charge < -0.3 is 19.4 Å². The van der Waals surface area contributed by atoms with Crippen molar-refractivity contribution in [3.63, 3.8) is 0 Å². The van der Waals surface area contributed by atoms with Crippen LogP contribution in [0.15, 0.2) is 91.4 Å². The molecule has 5 rings (SSSR count). The molecular weight excluding hydrogens is 554 g/mol. The van der Waals surface area contributed by atoms with Crippen LogP contribution in [0.4, 0.5) is 4.79 Å². The smallest absolute Gasteiger partial charge is 0.407 e. The molecule has 0 radical (unpaired) electrons. The summed E-state index contributed by atoms with van der Waals surface area (Å²) >= 11 is 0. The second-order valence-corrected chi connectivity index (χ2v) is 11.3. The molecule has 1 aliphatic rings. The number of piperidine rings is 1. The highest BCUT2D eigenvalue weighted by Crippen LogP contribution is 2.37. The number of esters is 1. The molecule has 3 aromatic carbocycles. The molecule has 0 atom stereocenters. The van der Waals surface area contributed by atoms with Crippen LogP contribution in [-0.4, -0.2) is 46.7 Å². The lowest BCUT2D eigenvalue weighted by Crippen LogP contribution is -2.46. The van der Waals surface area contributed by atoms with Crippen LogP contribution in [0, 0.1) is 16.7 Å². The molecule has 1 saturated heterocycles. The quantitative estimate of drug-likeness (QED) is 0.238. The first-order chi connectivity index (χ1) is 21.5. The number of nitrogens with one attached hydrogen (secondary N) is 1. The van der Waals surface area contributed by atoms with Crippen molar-refractivity contribution in [3.8, 4) is 6.07 Å². The number of imidazole rings is 1. The first-order valence-corrected chi connectivity index (χ1v) is 14.8. The predicted molar refractivity (Wildman–Crippen MR) is 165 cm³/mol. The second-order valence-electron chi connectivity index (χ2n) is 11.3. The fraction of sp³-hybridized carbons (Fsp3) is 0.314. The van der Waals surface area contributed by atoms with Crippen LogP contribution in [0.3, 0.4) is 0 Å². The van der Waals surface area contributed by atoms with Gasteiger partial charge >= 0.3 is 12.1 Å². The van der Waals surface area contributed by atoms with E-state index in [1.807, 2.05) is 91.4 Å². The Morgan fingerprint density at radius 3 is 2.39 bits per heavy atom. The van der Waals surface area contributed by atoms with Gasteiger partial charge in [-0.2, -0.15) is 5.26 Å². The van der Waals surface area contributed by atoms with Crippen molar-refractivity contribution in [2.75, 3.05) is 20.2 Å². The van der Waals surface area contributed by atoms with E-state index in [2.05, 4.69) is 25.8 Å². The summed E-state index contributed by atoms with van der Waals surface area (Å²) in [5.74, 6) is -0.184. The summed E-state index contributed by atoms with van der Waals surface area (Å²) in [7, 11) is 1.46. The van der Waals surface area contributed by atoms with E-state index >= 15 is 0 Å². The average molecular weight is 592 g/mol. The molecular formula is C35H37N5O4. The summed E-state index contributed by atoms with van der Waals surface area (Å²) in [6, 6.07) is 27.3. The van der Waals surface area contributed by atoms with E-state index in [-0.39, 0.29) is 12.6 Å². The Kier molecular flexibility index (Phi) is 10.1. The summed E-state index contributed by atoms with van der Waals surface area (Å²) in [4.78, 5) is 32.1. The third-order valence-corrected chi connectivity index (χ3v) is 8.24. The topological polar surface area (TPSA) is 109 Å². The van der Waals surface area contributed by atoms with E-state index in [4.69, 9.17) is 14.7 Å². The van der Waals surface area contributed by atoms with Crippen LogP contribution in [0.1, 0.15) is 46.4 Å². The van der Waals surface area contributed by atoms with E-state index in [1.165, 1.54) is 7.11 Å². The first-order valence-electron chi connectivity index (χ1n) is 14.8. The van der Waals surface area contributed by atoms with Gasteiger partial charge in [-0.15, -0.1) is 0 Å². The standard InChI is InChI=1S/C35H37N5O4/c1-43-33(41)35(19-30-8-5-9-31(18-30)21-38-34(42)44-25-29-6-3-2-4-7-29)14-16-39(17-15-35)24-32-22-37-26-40(32)23-28-12-10-27(20-36)11-13-28/h2-13,18,22,26H,14-17,19,21,23-25H2,1H3,(H,38,42). The van der Waals surface area contributed by atoms with Gasteiger partial charge in [-0.25, -0.2) is 9.78 Å². The molecule has 0 spiro atoms. The lowest BCUT2D eigenvalue weighted by molar-refractivity contribution is -0.156. The minimum absolute atomic E-state index is 0.184. The van der Waals surface area contributed by atoms with Crippen molar-refractivity contribution in [2.45, 2.75) is 45.5 Å². The van der Waals surface area contributed by atoms with Crippen LogP contribution in [0.25, 0.3) is 0 Å². The molecule has 226 valence electrons. The molecule has 0 unspecified atom stereocenters. The molecule has 0 aliphatic carbocycles. The normalized spacial score (nSPS) is 14.4. The number of nitriles is 1. The Morgan fingerprint density at radius 1 is 0.932 bits per heavy atom. The summed E-state index contributed by atoms with van der Waals surface area (Å²) in [5, 5.41) is 11.9. The van der Waals surface area contributed by atoms with Crippen molar-refractivity contribution in [2.24, 2.45) is 5.41 Å². The zero-order valence-corrected chi connectivity index (χ0v) is 24.9. The number of carbonyl (C=O) groups excluding carboxylic acids is 2. The molecule has 4 aromatic rings. The van der Waals surface area contributed by atoms with E-state index in [1.54, 1.807) is 0 Å². The van der Waals surface area contributed by atoms with Crippen molar-refractivity contribution >= 4 is 12.1 Å². The van der Waals surface area contributed by atoms with Crippen molar-refractivity contribution in [3.05, 3.63) is 125 Å². The third kappa shape index (κ3) is 7.91. The Labute approximate surface area is 258 Å². The molecule has 9 heteroatoms. The maximum absolute atomic E-state index is 13.2. The highest BCUT2D eigenvalue weighted by Gasteiger charge is 2.42. The zero-order chi connectivity index (χ0) is 30.8. The number of nitrogens with zero attached hydrogens (tertiary/aromatic N) is 4. The molecule has 0 saturated carbocycles. The zero-order valence-electron chi connectivity index (χ0n) is 24.9. The molecule has 1 aromatic heterocycles. The molecule has 1 aliphatic heterocycles. The van der Waals surface area contributed by atoms with Gasteiger partial charge in [0.1, 0.15) is 6.61 Å². The molecule has 0 bridgehead atoms. The number of carbonyl (C=O) groups is 2. The first kappa shape index (κ1) is 30.5. The minimum atomic E-state index is -0.616. The summed E-state index contributed by atoms with van der Waals surface area (Å²) in [6.07, 6.45) is 5.17. The molecule has 1 fully saturated rings. The molecule has 1 amide bonds. The van der Waals surface area contributed by atoms with E-state index in [0.717, 1.165) is 47.6 Å². The maximum atomic E-state index is 13.2. The summed E-state index contributed by atoms with van der Waals surface area (Å²) in [6.45, 7) is 3.46. The number of alkyl carbamates (subject to hydrolysis) is 1. The Balaban J connectivity index is 1.16. The number of benzene rings is 3. The van der Waals surface area contributed by atoms with Crippen LogP contribution >= 0.6 is 0 Å². The van der Waals surface area contributed by atoms with E-state index in [0.29, 0.717) is 37.9 Å². The number of rotatable bonds is 11. The van der Waals surface area contributed by atoms with Gasteiger partial charge in [0, 0.05) is 25.8 Å². The highest BCUT2D eigenvalue weighted by molar-refractivity contribution is 5.77. The van der Waals surface area contributed by atoms with Gasteiger partial charge in [0.25, 0.3) is 0 Å². The van der Waals surface area contributed by atoms with Gasteiger partial charge in [-0.05, 0) is 66.7 Å². The lowest BCUT2D eigenvalue weighted by Gasteiger charge is -2.40. The van der Waals surface area contributed by atoms with Crippen LogP contribution in [0.2, 0.25) is 0 Å². The number of methoxy groups -OCH3 is 1. The van der Waals surface area contributed by atoms with Crippen LogP contribution in [0.5, 0.6) is 0 Å². The van der Waals surface area contributed by atoms with E-state index < -0.39 is 11.5 Å². The van der Waals surface area contributed by atoms with Crippen molar-refractivity contribution in [1.82, 2.24) is 19.8 Å². The average Bonchev–Trinajstić information content (AvgIpc) is 3.50. The predicted octanol–water partition coefficient (Wildman–Crippen LogP) is 5.23.